The second-order valence-electron chi connectivity index (χ2n) is 10.2. The van der Waals surface area contributed by atoms with Gasteiger partial charge in [-0.2, -0.15) is 0 Å². The quantitative estimate of drug-likeness (QED) is 0.561. The van der Waals surface area contributed by atoms with E-state index in [1.54, 1.807) is 31.4 Å². The van der Waals surface area contributed by atoms with Crippen LogP contribution in [0.4, 0.5) is 0 Å². The summed E-state index contributed by atoms with van der Waals surface area (Å²) in [5.41, 5.74) is 1.60. The van der Waals surface area contributed by atoms with Crippen LogP contribution in [0.15, 0.2) is 54.6 Å². The van der Waals surface area contributed by atoms with Crippen molar-refractivity contribution in [2.24, 2.45) is 5.92 Å². The van der Waals surface area contributed by atoms with Crippen molar-refractivity contribution in [2.75, 3.05) is 20.2 Å². The maximum absolute atomic E-state index is 13.4. The zero-order chi connectivity index (χ0) is 26.2. The smallest absolute Gasteiger partial charge is 0.251 e. The second-order valence-corrected chi connectivity index (χ2v) is 10.2. The van der Waals surface area contributed by atoms with Gasteiger partial charge < -0.3 is 20.3 Å². The van der Waals surface area contributed by atoms with E-state index in [4.69, 9.17) is 4.74 Å². The van der Waals surface area contributed by atoms with Crippen LogP contribution in [-0.4, -0.2) is 54.9 Å². The van der Waals surface area contributed by atoms with Crippen LogP contribution in [0.2, 0.25) is 0 Å². The SMILES string of the molecule is CCC(C(=O)N1CCCC(C(=O)NC2CCCC[C@H]2NC(=O)c2ccc(OC)cc2)C1)c1ccccc1. The number of nitrogens with one attached hydrogen (secondary N) is 2. The predicted octanol–water partition coefficient (Wildman–Crippen LogP) is 4.28. The zero-order valence-electron chi connectivity index (χ0n) is 21.9. The standard InChI is InChI=1S/C30H39N3O4/c1-3-25(21-10-5-4-6-11-21)30(36)33-19-9-12-23(20-33)29(35)32-27-14-8-7-13-26(27)31-28(34)22-15-17-24(37-2)18-16-22/h4-6,10-11,15-18,23,25-27H,3,7-9,12-14,19-20H2,1-2H3,(H,31,34)(H,32,35)/t23?,25?,26-,27?/m1/s1. The molecule has 0 spiro atoms. The molecule has 4 rings (SSSR count). The van der Waals surface area contributed by atoms with E-state index in [0.29, 0.717) is 24.4 Å². The monoisotopic (exact) mass is 505 g/mol. The number of benzene rings is 2. The minimum Gasteiger partial charge on any atom is -0.497 e. The molecule has 1 heterocycles. The van der Waals surface area contributed by atoms with Crippen molar-refractivity contribution in [3.8, 4) is 5.75 Å². The maximum atomic E-state index is 13.4. The lowest BCUT2D eigenvalue weighted by Crippen LogP contribution is -2.55. The fourth-order valence-corrected chi connectivity index (χ4v) is 5.62. The van der Waals surface area contributed by atoms with Crippen molar-refractivity contribution in [1.29, 1.82) is 0 Å². The molecule has 0 aromatic heterocycles. The fourth-order valence-electron chi connectivity index (χ4n) is 5.62. The number of piperidine rings is 1. The molecule has 198 valence electrons. The lowest BCUT2D eigenvalue weighted by atomic mass is 9.88. The van der Waals surface area contributed by atoms with Gasteiger partial charge in [0.2, 0.25) is 11.8 Å². The number of likely N-dealkylation sites (tertiary alicyclic amines) is 1. The highest BCUT2D eigenvalue weighted by atomic mass is 16.5. The van der Waals surface area contributed by atoms with Gasteiger partial charge in [0.1, 0.15) is 5.75 Å². The van der Waals surface area contributed by atoms with E-state index >= 15 is 0 Å². The highest BCUT2D eigenvalue weighted by Crippen LogP contribution is 2.27. The van der Waals surface area contributed by atoms with Crippen LogP contribution in [0.1, 0.15) is 73.7 Å². The molecule has 2 N–H and O–H groups in total. The summed E-state index contributed by atoms with van der Waals surface area (Å²) in [5, 5.41) is 6.38. The molecule has 2 aromatic rings. The van der Waals surface area contributed by atoms with E-state index in [0.717, 1.165) is 50.5 Å². The van der Waals surface area contributed by atoms with Crippen LogP contribution in [0.25, 0.3) is 0 Å². The molecule has 0 bridgehead atoms. The van der Waals surface area contributed by atoms with Gasteiger partial charge in [0.05, 0.1) is 18.9 Å². The first-order chi connectivity index (χ1) is 18.0. The minimum atomic E-state index is -0.231. The normalized spacial score (nSPS) is 22.5. The Morgan fingerprint density at radius 1 is 0.919 bits per heavy atom. The summed E-state index contributed by atoms with van der Waals surface area (Å²) < 4.78 is 5.18. The zero-order valence-corrected chi connectivity index (χ0v) is 21.9. The number of hydrogen-bond donors (Lipinski definition) is 2. The number of rotatable bonds is 8. The Bertz CT molecular complexity index is 1060. The Labute approximate surface area is 220 Å². The molecule has 1 saturated carbocycles. The van der Waals surface area contributed by atoms with E-state index in [9.17, 15) is 14.4 Å². The fraction of sp³-hybridized carbons (Fsp3) is 0.500. The van der Waals surface area contributed by atoms with Crippen molar-refractivity contribution in [1.82, 2.24) is 15.5 Å². The number of methoxy groups -OCH3 is 1. The molecule has 2 fully saturated rings. The number of amides is 3. The van der Waals surface area contributed by atoms with Crippen LogP contribution >= 0.6 is 0 Å². The minimum absolute atomic E-state index is 0.0131. The molecule has 1 aliphatic carbocycles. The Hall–Kier alpha value is -3.35. The third kappa shape index (κ3) is 6.70. The average molecular weight is 506 g/mol. The summed E-state index contributed by atoms with van der Waals surface area (Å²) in [7, 11) is 1.59. The van der Waals surface area contributed by atoms with Gasteiger partial charge in [0.15, 0.2) is 0 Å². The van der Waals surface area contributed by atoms with Crippen LogP contribution in [0.3, 0.4) is 0 Å². The van der Waals surface area contributed by atoms with Crippen molar-refractivity contribution in [2.45, 2.75) is 69.9 Å². The molecular weight excluding hydrogens is 466 g/mol. The molecule has 2 aliphatic rings. The number of nitrogens with zero attached hydrogens (tertiary/aromatic N) is 1. The summed E-state index contributed by atoms with van der Waals surface area (Å²) >= 11 is 0. The second kappa shape index (κ2) is 12.7. The summed E-state index contributed by atoms with van der Waals surface area (Å²) in [6.07, 6.45) is 6.02. The summed E-state index contributed by atoms with van der Waals surface area (Å²) in [6.45, 7) is 3.17. The molecular formula is C30H39N3O4. The molecule has 3 unspecified atom stereocenters. The van der Waals surface area contributed by atoms with Crippen molar-refractivity contribution >= 4 is 17.7 Å². The number of carbonyl (C=O) groups is 3. The largest absolute Gasteiger partial charge is 0.497 e. The summed E-state index contributed by atoms with van der Waals surface area (Å²) in [6, 6.07) is 16.7. The highest BCUT2D eigenvalue weighted by molar-refractivity contribution is 5.94. The third-order valence-corrected chi connectivity index (χ3v) is 7.77. The van der Waals surface area contributed by atoms with E-state index in [2.05, 4.69) is 10.6 Å². The predicted molar refractivity (Wildman–Crippen MR) is 143 cm³/mol. The van der Waals surface area contributed by atoms with Crippen molar-refractivity contribution in [3.05, 3.63) is 65.7 Å². The number of carbonyl (C=O) groups excluding carboxylic acids is 3. The summed E-state index contributed by atoms with van der Waals surface area (Å²) in [5.74, 6) is 0.238. The Morgan fingerprint density at radius 3 is 2.24 bits per heavy atom. The number of hydrogen-bond acceptors (Lipinski definition) is 4. The summed E-state index contributed by atoms with van der Waals surface area (Å²) in [4.78, 5) is 41.5. The van der Waals surface area contributed by atoms with Gasteiger partial charge in [-0.25, -0.2) is 0 Å². The first-order valence-electron chi connectivity index (χ1n) is 13.6. The molecule has 2 aromatic carbocycles. The molecule has 0 radical (unpaired) electrons. The molecule has 7 nitrogen and oxygen atoms in total. The molecule has 7 heteroatoms. The van der Waals surface area contributed by atoms with Crippen LogP contribution in [0, 0.1) is 5.92 Å². The Balaban J connectivity index is 1.36. The lowest BCUT2D eigenvalue weighted by Gasteiger charge is -2.37. The molecule has 37 heavy (non-hydrogen) atoms. The lowest BCUT2D eigenvalue weighted by molar-refractivity contribution is -0.137. The van der Waals surface area contributed by atoms with E-state index in [1.165, 1.54) is 0 Å². The van der Waals surface area contributed by atoms with Gasteiger partial charge in [-0.1, -0.05) is 50.1 Å². The van der Waals surface area contributed by atoms with Crippen LogP contribution in [-0.2, 0) is 9.59 Å². The average Bonchev–Trinajstić information content (AvgIpc) is 2.95. The Kier molecular flexibility index (Phi) is 9.20. The molecule has 1 saturated heterocycles. The van der Waals surface area contributed by atoms with Gasteiger partial charge in [-0.15, -0.1) is 0 Å². The van der Waals surface area contributed by atoms with Crippen molar-refractivity contribution in [3.63, 3.8) is 0 Å². The van der Waals surface area contributed by atoms with Gasteiger partial charge in [0, 0.05) is 30.7 Å². The van der Waals surface area contributed by atoms with Crippen molar-refractivity contribution < 1.29 is 19.1 Å². The van der Waals surface area contributed by atoms with Gasteiger partial charge in [-0.3, -0.25) is 14.4 Å². The van der Waals surface area contributed by atoms with E-state index in [-0.39, 0.29) is 41.6 Å². The number of ether oxygens (including phenoxy) is 1. The molecule has 4 atom stereocenters. The first kappa shape index (κ1) is 26.7. The van der Waals surface area contributed by atoms with Crippen LogP contribution < -0.4 is 15.4 Å². The van der Waals surface area contributed by atoms with E-state index in [1.807, 2.05) is 42.2 Å². The van der Waals surface area contributed by atoms with Gasteiger partial charge in [0.25, 0.3) is 5.91 Å². The molecule has 1 aliphatic heterocycles. The maximum Gasteiger partial charge on any atom is 0.251 e. The van der Waals surface area contributed by atoms with Crippen LogP contribution in [0.5, 0.6) is 5.75 Å². The molecule has 3 amide bonds. The first-order valence-corrected chi connectivity index (χ1v) is 13.6. The third-order valence-electron chi connectivity index (χ3n) is 7.77. The topological polar surface area (TPSA) is 87.7 Å². The highest BCUT2D eigenvalue weighted by Gasteiger charge is 2.34. The van der Waals surface area contributed by atoms with Gasteiger partial charge >= 0.3 is 0 Å². The van der Waals surface area contributed by atoms with Gasteiger partial charge in [-0.05, 0) is 61.9 Å². The van der Waals surface area contributed by atoms with E-state index < -0.39 is 0 Å². The Morgan fingerprint density at radius 2 is 1.59 bits per heavy atom.